The molecule has 1 amide bonds. The van der Waals surface area contributed by atoms with Gasteiger partial charge in [-0.1, -0.05) is 0 Å². The molecule has 2 N–H and O–H groups in total. The molecule has 7 nitrogen and oxygen atoms in total. The molecular weight excluding hydrogens is 413 g/mol. The zero-order valence-corrected chi connectivity index (χ0v) is 16.4. The molecule has 0 fully saturated rings. The maximum absolute atomic E-state index is 12.3. The molecule has 2 rings (SSSR count). The lowest BCUT2D eigenvalue weighted by atomic mass is 10.2. The first-order valence-electron chi connectivity index (χ1n) is 8.32. The van der Waals surface area contributed by atoms with E-state index < -0.39 is 28.7 Å². The van der Waals surface area contributed by atoms with Gasteiger partial charge in [-0.25, -0.2) is 8.42 Å². The first-order valence-corrected chi connectivity index (χ1v) is 9.97. The summed E-state index contributed by atoms with van der Waals surface area (Å²) in [4.78, 5) is 12.3. The molecule has 0 aliphatic rings. The SMILES string of the molecule is CCS(=O)(=O)Nc1ccc(NC(=O)c2ccc(OCC(F)(F)F)cc2)cc1OC. The summed E-state index contributed by atoms with van der Waals surface area (Å²) in [6.45, 7) is 0.0648. The van der Waals surface area contributed by atoms with Crippen molar-refractivity contribution in [2.75, 3.05) is 29.5 Å². The number of carbonyl (C=O) groups is 1. The molecule has 0 heterocycles. The normalized spacial score (nSPS) is 11.6. The molecule has 0 spiro atoms. The molecule has 0 unspecified atom stereocenters. The molecule has 11 heteroatoms. The number of hydrogen-bond acceptors (Lipinski definition) is 5. The third-order valence-corrected chi connectivity index (χ3v) is 4.91. The highest BCUT2D eigenvalue weighted by atomic mass is 32.2. The summed E-state index contributed by atoms with van der Waals surface area (Å²) in [6.07, 6.45) is -4.45. The third-order valence-electron chi connectivity index (χ3n) is 3.62. The number of anilines is 2. The molecule has 0 radical (unpaired) electrons. The van der Waals surface area contributed by atoms with Crippen LogP contribution in [-0.2, 0) is 10.0 Å². The van der Waals surface area contributed by atoms with Crippen LogP contribution in [0.15, 0.2) is 42.5 Å². The number of ether oxygens (including phenoxy) is 2. The fourth-order valence-corrected chi connectivity index (χ4v) is 2.81. The number of amides is 1. The Kier molecular flexibility index (Phi) is 6.96. The average molecular weight is 432 g/mol. The zero-order valence-electron chi connectivity index (χ0n) is 15.5. The number of benzene rings is 2. The second kappa shape index (κ2) is 9.03. The maximum Gasteiger partial charge on any atom is 0.422 e. The van der Waals surface area contributed by atoms with E-state index in [9.17, 15) is 26.4 Å². The van der Waals surface area contributed by atoms with Crippen LogP contribution in [0, 0.1) is 0 Å². The van der Waals surface area contributed by atoms with Crippen molar-refractivity contribution < 1.29 is 35.9 Å². The van der Waals surface area contributed by atoms with E-state index >= 15 is 0 Å². The van der Waals surface area contributed by atoms with E-state index in [0.29, 0.717) is 5.69 Å². The lowest BCUT2D eigenvalue weighted by Crippen LogP contribution is -2.19. The van der Waals surface area contributed by atoms with E-state index in [-0.39, 0.29) is 28.5 Å². The highest BCUT2D eigenvalue weighted by molar-refractivity contribution is 7.92. The predicted octanol–water partition coefficient (Wildman–Crippen LogP) is 3.65. The third kappa shape index (κ3) is 6.86. The number of hydrogen-bond donors (Lipinski definition) is 2. The molecule has 158 valence electrons. The average Bonchev–Trinajstić information content (AvgIpc) is 2.67. The van der Waals surface area contributed by atoms with E-state index in [1.54, 1.807) is 0 Å². The van der Waals surface area contributed by atoms with Crippen molar-refractivity contribution in [3.8, 4) is 11.5 Å². The van der Waals surface area contributed by atoms with E-state index in [4.69, 9.17) is 4.74 Å². The smallest absolute Gasteiger partial charge is 0.422 e. The van der Waals surface area contributed by atoms with Gasteiger partial charge in [-0.15, -0.1) is 0 Å². The van der Waals surface area contributed by atoms with Gasteiger partial charge in [0, 0.05) is 17.3 Å². The van der Waals surface area contributed by atoms with Gasteiger partial charge < -0.3 is 14.8 Å². The largest absolute Gasteiger partial charge is 0.494 e. The second-order valence-corrected chi connectivity index (χ2v) is 7.81. The number of rotatable bonds is 8. The van der Waals surface area contributed by atoms with Crippen LogP contribution in [-0.4, -0.2) is 40.0 Å². The molecule has 0 saturated heterocycles. The fraction of sp³-hybridized carbons (Fsp3) is 0.278. The zero-order chi connectivity index (χ0) is 21.7. The van der Waals surface area contributed by atoms with Gasteiger partial charge in [0.1, 0.15) is 11.5 Å². The summed E-state index contributed by atoms with van der Waals surface area (Å²) in [7, 11) is -2.15. The van der Waals surface area contributed by atoms with Gasteiger partial charge in [0.25, 0.3) is 5.91 Å². The summed E-state index contributed by atoms with van der Waals surface area (Å²) in [5.41, 5.74) is 0.751. The Bertz CT molecular complexity index is 960. The molecule has 0 aliphatic heterocycles. The molecule has 0 aromatic heterocycles. The molecule has 0 saturated carbocycles. The summed E-state index contributed by atoms with van der Waals surface area (Å²) in [5, 5.41) is 2.60. The van der Waals surface area contributed by atoms with Crippen LogP contribution in [0.2, 0.25) is 0 Å². The minimum atomic E-state index is -4.45. The molecule has 0 aliphatic carbocycles. The van der Waals surface area contributed by atoms with Crippen LogP contribution >= 0.6 is 0 Å². The minimum Gasteiger partial charge on any atom is -0.494 e. The van der Waals surface area contributed by atoms with Crippen molar-refractivity contribution in [1.29, 1.82) is 0 Å². The van der Waals surface area contributed by atoms with Crippen LogP contribution < -0.4 is 19.5 Å². The number of alkyl halides is 3. The van der Waals surface area contributed by atoms with Crippen LogP contribution in [0.5, 0.6) is 11.5 Å². The number of halogens is 3. The summed E-state index contributed by atoms with van der Waals surface area (Å²) >= 11 is 0. The highest BCUT2D eigenvalue weighted by Crippen LogP contribution is 2.29. The predicted molar refractivity (Wildman–Crippen MR) is 102 cm³/mol. The Morgan fingerprint density at radius 2 is 1.76 bits per heavy atom. The van der Waals surface area contributed by atoms with Gasteiger partial charge in [-0.3, -0.25) is 9.52 Å². The van der Waals surface area contributed by atoms with Crippen molar-refractivity contribution in [2.24, 2.45) is 0 Å². The molecule has 0 atom stereocenters. The topological polar surface area (TPSA) is 93.7 Å². The van der Waals surface area contributed by atoms with E-state index in [1.165, 1.54) is 56.5 Å². The van der Waals surface area contributed by atoms with Crippen molar-refractivity contribution >= 4 is 27.3 Å². The molecule has 0 bridgehead atoms. The van der Waals surface area contributed by atoms with Crippen molar-refractivity contribution in [2.45, 2.75) is 13.1 Å². The molecule has 2 aromatic rings. The molecule has 2 aromatic carbocycles. The lowest BCUT2D eigenvalue weighted by Gasteiger charge is -2.13. The highest BCUT2D eigenvalue weighted by Gasteiger charge is 2.28. The number of carbonyl (C=O) groups excluding carboxylic acids is 1. The van der Waals surface area contributed by atoms with Gasteiger partial charge in [0.2, 0.25) is 10.0 Å². The van der Waals surface area contributed by atoms with E-state index in [1.807, 2.05) is 0 Å². The summed E-state index contributed by atoms with van der Waals surface area (Å²) in [6, 6.07) is 9.51. The Hall–Kier alpha value is -2.95. The Balaban J connectivity index is 2.08. The first kappa shape index (κ1) is 22.3. The number of nitrogens with one attached hydrogen (secondary N) is 2. The van der Waals surface area contributed by atoms with Crippen LogP contribution in [0.4, 0.5) is 24.5 Å². The monoisotopic (exact) mass is 432 g/mol. The van der Waals surface area contributed by atoms with Crippen LogP contribution in [0.25, 0.3) is 0 Å². The minimum absolute atomic E-state index is 0.0203. The van der Waals surface area contributed by atoms with Gasteiger partial charge in [0.15, 0.2) is 6.61 Å². The fourth-order valence-electron chi connectivity index (χ4n) is 2.16. The lowest BCUT2D eigenvalue weighted by molar-refractivity contribution is -0.153. The van der Waals surface area contributed by atoms with E-state index in [0.717, 1.165) is 0 Å². The second-order valence-electron chi connectivity index (χ2n) is 5.80. The van der Waals surface area contributed by atoms with Crippen LogP contribution in [0.3, 0.4) is 0 Å². The standard InChI is InChI=1S/C18H19F3N2O5S/c1-3-29(25,26)23-15-9-6-13(10-16(15)27-2)22-17(24)12-4-7-14(8-5-12)28-11-18(19,20)21/h4-10,23H,3,11H2,1-2H3,(H,22,24). The van der Waals surface area contributed by atoms with Gasteiger partial charge in [-0.2, -0.15) is 13.2 Å². The quantitative estimate of drug-likeness (QED) is 0.664. The summed E-state index contributed by atoms with van der Waals surface area (Å²) in [5.74, 6) is -0.447. The Morgan fingerprint density at radius 3 is 2.31 bits per heavy atom. The van der Waals surface area contributed by atoms with Crippen LogP contribution in [0.1, 0.15) is 17.3 Å². The van der Waals surface area contributed by atoms with Crippen molar-refractivity contribution in [3.63, 3.8) is 0 Å². The van der Waals surface area contributed by atoms with Gasteiger partial charge >= 0.3 is 6.18 Å². The number of sulfonamides is 1. The first-order chi connectivity index (χ1) is 13.5. The number of methoxy groups -OCH3 is 1. The van der Waals surface area contributed by atoms with E-state index in [2.05, 4.69) is 14.8 Å². The molecule has 29 heavy (non-hydrogen) atoms. The van der Waals surface area contributed by atoms with Crippen molar-refractivity contribution in [3.05, 3.63) is 48.0 Å². The molecular formula is C18H19F3N2O5S. The van der Waals surface area contributed by atoms with Gasteiger partial charge in [0.05, 0.1) is 18.6 Å². The van der Waals surface area contributed by atoms with Crippen molar-refractivity contribution in [1.82, 2.24) is 0 Å². The summed E-state index contributed by atoms with van der Waals surface area (Å²) < 4.78 is 72.0. The maximum atomic E-state index is 12.3. The Labute approximate surface area is 165 Å². The Morgan fingerprint density at radius 1 is 1.10 bits per heavy atom. The van der Waals surface area contributed by atoms with Gasteiger partial charge in [-0.05, 0) is 43.3 Å².